The fourth-order valence-electron chi connectivity index (χ4n) is 2.58. The van der Waals surface area contributed by atoms with Gasteiger partial charge in [0.15, 0.2) is 10.8 Å². The van der Waals surface area contributed by atoms with Crippen LogP contribution in [-0.4, -0.2) is 29.4 Å². The van der Waals surface area contributed by atoms with Gasteiger partial charge in [-0.15, -0.1) is 0 Å². The summed E-state index contributed by atoms with van der Waals surface area (Å²) in [6.07, 6.45) is 2.34. The van der Waals surface area contributed by atoms with Crippen LogP contribution in [0, 0.1) is 18.7 Å². The summed E-state index contributed by atoms with van der Waals surface area (Å²) >= 11 is 0. The van der Waals surface area contributed by atoms with E-state index >= 15 is 0 Å². The topological polar surface area (TPSA) is 76.9 Å². The Kier molecular flexibility index (Phi) is 4.84. The molecule has 0 unspecified atom stereocenters. The highest BCUT2D eigenvalue weighted by atomic mass is 32.2. The molecule has 6 nitrogen and oxygen atoms in total. The molecular formula is C17H16F2N4O2S. The number of nitrogens with zero attached hydrogens (tertiary/aromatic N) is 3. The molecular weight excluding hydrogens is 362 g/mol. The molecule has 0 spiro atoms. The smallest absolute Gasteiger partial charge is 0.285 e. The number of pyridine rings is 2. The van der Waals surface area contributed by atoms with Gasteiger partial charge < -0.3 is 5.32 Å². The maximum absolute atomic E-state index is 14.9. The number of hydrogen-bond donors (Lipinski definition) is 1. The van der Waals surface area contributed by atoms with Crippen LogP contribution in [-0.2, 0) is 16.6 Å². The first-order valence-electron chi connectivity index (χ1n) is 7.70. The quantitative estimate of drug-likeness (QED) is 0.691. The van der Waals surface area contributed by atoms with E-state index in [1.807, 2.05) is 0 Å². The molecule has 3 rings (SSSR count). The summed E-state index contributed by atoms with van der Waals surface area (Å²) in [6.45, 7) is 1.72. The lowest BCUT2D eigenvalue weighted by molar-refractivity contribution is 0.573. The maximum Gasteiger partial charge on any atom is 0.285 e. The summed E-state index contributed by atoms with van der Waals surface area (Å²) in [7, 11) is -2.64. The molecule has 0 bridgehead atoms. The molecule has 26 heavy (non-hydrogen) atoms. The molecule has 3 aromatic rings. The summed E-state index contributed by atoms with van der Waals surface area (Å²) in [5.41, 5.74) is -0.0852. The number of nitrogens with one attached hydrogen (secondary N) is 1. The van der Waals surface area contributed by atoms with E-state index in [-0.39, 0.29) is 22.7 Å². The first-order chi connectivity index (χ1) is 12.4. The largest absolute Gasteiger partial charge is 0.316 e. The Morgan fingerprint density at radius 3 is 2.62 bits per heavy atom. The third kappa shape index (κ3) is 3.11. The van der Waals surface area contributed by atoms with Gasteiger partial charge >= 0.3 is 0 Å². The third-order valence-corrected chi connectivity index (χ3v) is 5.31. The molecule has 0 aliphatic rings. The molecule has 0 radical (unpaired) electrons. The van der Waals surface area contributed by atoms with E-state index in [1.54, 1.807) is 20.0 Å². The van der Waals surface area contributed by atoms with Gasteiger partial charge in [0, 0.05) is 30.2 Å². The molecule has 0 aliphatic heterocycles. The van der Waals surface area contributed by atoms with E-state index in [1.165, 1.54) is 30.5 Å². The third-order valence-electron chi connectivity index (χ3n) is 3.75. The molecule has 3 aromatic heterocycles. The molecule has 0 atom stereocenters. The van der Waals surface area contributed by atoms with Crippen LogP contribution in [0.3, 0.4) is 0 Å². The van der Waals surface area contributed by atoms with Crippen LogP contribution in [0.1, 0.15) is 11.3 Å². The lowest BCUT2D eigenvalue weighted by Gasteiger charge is -2.10. The zero-order valence-electron chi connectivity index (χ0n) is 14.1. The number of aryl methyl sites for hydroxylation is 1. The fourth-order valence-corrected chi connectivity index (χ4v) is 3.97. The van der Waals surface area contributed by atoms with Crippen molar-refractivity contribution in [2.75, 3.05) is 7.05 Å². The van der Waals surface area contributed by atoms with E-state index in [2.05, 4.69) is 15.3 Å². The first-order valence-corrected chi connectivity index (χ1v) is 9.14. The molecule has 3 heterocycles. The van der Waals surface area contributed by atoms with Gasteiger partial charge in [0.25, 0.3) is 10.0 Å². The Labute approximate surface area is 149 Å². The van der Waals surface area contributed by atoms with Crippen LogP contribution >= 0.6 is 0 Å². The second kappa shape index (κ2) is 6.93. The minimum atomic E-state index is -4.23. The van der Waals surface area contributed by atoms with Gasteiger partial charge in [0.2, 0.25) is 5.95 Å². The standard InChI is InChI=1S/C17H16F2N4O2S/c1-11-5-3-7-14(22-11)26(24,25)23-10-12(9-20-2)15(18)16(23)13-6-4-8-21-17(13)19/h3-8,10,20H,9H2,1-2H3. The number of rotatable bonds is 5. The van der Waals surface area contributed by atoms with Crippen molar-refractivity contribution < 1.29 is 17.2 Å². The van der Waals surface area contributed by atoms with Gasteiger partial charge in [0.05, 0.1) is 5.56 Å². The summed E-state index contributed by atoms with van der Waals surface area (Å²) in [4.78, 5) is 7.50. The van der Waals surface area contributed by atoms with Crippen molar-refractivity contribution >= 4 is 10.0 Å². The minimum Gasteiger partial charge on any atom is -0.316 e. The lowest BCUT2D eigenvalue weighted by Crippen LogP contribution is -2.16. The maximum atomic E-state index is 14.9. The predicted octanol–water partition coefficient (Wildman–Crippen LogP) is 2.49. The second-order valence-electron chi connectivity index (χ2n) is 5.61. The van der Waals surface area contributed by atoms with Gasteiger partial charge in [0.1, 0.15) is 5.69 Å². The molecule has 9 heteroatoms. The van der Waals surface area contributed by atoms with E-state index in [4.69, 9.17) is 0 Å². The highest BCUT2D eigenvalue weighted by molar-refractivity contribution is 7.90. The van der Waals surface area contributed by atoms with E-state index in [0.29, 0.717) is 5.69 Å². The number of halogens is 2. The van der Waals surface area contributed by atoms with Gasteiger partial charge in [-0.2, -0.15) is 12.8 Å². The first kappa shape index (κ1) is 18.2. The Balaban J connectivity index is 2.31. The van der Waals surface area contributed by atoms with E-state index < -0.39 is 27.5 Å². The zero-order chi connectivity index (χ0) is 18.9. The van der Waals surface area contributed by atoms with Gasteiger partial charge in [-0.1, -0.05) is 6.07 Å². The van der Waals surface area contributed by atoms with Crippen molar-refractivity contribution in [1.82, 2.24) is 19.3 Å². The summed E-state index contributed by atoms with van der Waals surface area (Å²) < 4.78 is 55.9. The molecule has 0 aliphatic carbocycles. The highest BCUT2D eigenvalue weighted by Crippen LogP contribution is 2.31. The fraction of sp³-hybridized carbons (Fsp3) is 0.176. The van der Waals surface area contributed by atoms with Gasteiger partial charge in [-0.3, -0.25) is 0 Å². The summed E-state index contributed by atoms with van der Waals surface area (Å²) in [6, 6.07) is 7.17. The normalized spacial score (nSPS) is 11.7. The molecule has 1 N–H and O–H groups in total. The van der Waals surface area contributed by atoms with Crippen LogP contribution in [0.15, 0.2) is 47.8 Å². The summed E-state index contributed by atoms with van der Waals surface area (Å²) in [5.74, 6) is -1.79. The number of aromatic nitrogens is 3. The zero-order valence-corrected chi connectivity index (χ0v) is 14.9. The SMILES string of the molecule is CNCc1cn(S(=O)(=O)c2cccc(C)n2)c(-c2cccnc2F)c1F. The van der Waals surface area contributed by atoms with Crippen LogP contribution in [0.25, 0.3) is 11.3 Å². The monoisotopic (exact) mass is 378 g/mol. The molecule has 136 valence electrons. The van der Waals surface area contributed by atoms with Crippen LogP contribution in [0.2, 0.25) is 0 Å². The second-order valence-corrected chi connectivity index (χ2v) is 7.37. The average Bonchev–Trinajstić information content (AvgIpc) is 2.93. The Bertz CT molecular complexity index is 1060. The summed E-state index contributed by atoms with van der Waals surface area (Å²) in [5, 5.41) is 2.50. The minimum absolute atomic E-state index is 0.0739. The molecule has 0 saturated carbocycles. The van der Waals surface area contributed by atoms with E-state index in [0.717, 1.165) is 10.2 Å². The van der Waals surface area contributed by atoms with Crippen LogP contribution in [0.4, 0.5) is 8.78 Å². The van der Waals surface area contributed by atoms with Crippen LogP contribution in [0.5, 0.6) is 0 Å². The van der Waals surface area contributed by atoms with Crippen molar-refractivity contribution in [3.63, 3.8) is 0 Å². The van der Waals surface area contributed by atoms with Crippen molar-refractivity contribution in [2.24, 2.45) is 0 Å². The molecule has 0 amide bonds. The Morgan fingerprint density at radius 1 is 1.19 bits per heavy atom. The van der Waals surface area contributed by atoms with Gasteiger partial charge in [-0.05, 0) is 38.2 Å². The molecule has 0 fully saturated rings. The van der Waals surface area contributed by atoms with Crippen molar-refractivity contribution in [3.8, 4) is 11.3 Å². The predicted molar refractivity (Wildman–Crippen MR) is 91.9 cm³/mol. The van der Waals surface area contributed by atoms with Crippen molar-refractivity contribution in [2.45, 2.75) is 18.5 Å². The van der Waals surface area contributed by atoms with Crippen molar-refractivity contribution in [1.29, 1.82) is 0 Å². The van der Waals surface area contributed by atoms with Crippen LogP contribution < -0.4 is 5.32 Å². The Morgan fingerprint density at radius 2 is 1.96 bits per heavy atom. The van der Waals surface area contributed by atoms with Gasteiger partial charge in [-0.25, -0.2) is 18.3 Å². The Hall–Kier alpha value is -2.65. The molecule has 0 aromatic carbocycles. The lowest BCUT2D eigenvalue weighted by atomic mass is 10.2. The molecule has 0 saturated heterocycles. The highest BCUT2D eigenvalue weighted by Gasteiger charge is 2.29. The average molecular weight is 378 g/mol. The number of hydrogen-bond acceptors (Lipinski definition) is 5. The van der Waals surface area contributed by atoms with Crippen molar-refractivity contribution in [3.05, 3.63) is 65.7 Å². The van der Waals surface area contributed by atoms with E-state index in [9.17, 15) is 17.2 Å².